The van der Waals surface area contributed by atoms with E-state index < -0.39 is 11.2 Å². The summed E-state index contributed by atoms with van der Waals surface area (Å²) in [5.41, 5.74) is 1.84. The minimum Gasteiger partial charge on any atom is -0.351 e. The number of anilines is 1. The molecule has 4 rings (SSSR count). The van der Waals surface area contributed by atoms with Crippen molar-refractivity contribution in [3.8, 4) is 5.69 Å². The van der Waals surface area contributed by atoms with Gasteiger partial charge in [-0.1, -0.05) is 31.4 Å². The van der Waals surface area contributed by atoms with Gasteiger partial charge in [-0.25, -0.2) is 14.3 Å². The summed E-state index contributed by atoms with van der Waals surface area (Å²) in [6.07, 6.45) is 7.33. The van der Waals surface area contributed by atoms with Gasteiger partial charge >= 0.3 is 5.69 Å². The third-order valence-corrected chi connectivity index (χ3v) is 5.41. The zero-order chi connectivity index (χ0) is 19.0. The molecule has 1 aliphatic rings. The SMILES string of the molecule is Cc1cccc(-n2c(=O)[nH]c3nc(NC4CCCCC4)ncc3c2=O)c1C. The van der Waals surface area contributed by atoms with Crippen LogP contribution in [0.4, 0.5) is 5.95 Å². The van der Waals surface area contributed by atoms with Crippen LogP contribution in [0.3, 0.4) is 0 Å². The van der Waals surface area contributed by atoms with Crippen molar-refractivity contribution in [3.05, 3.63) is 56.4 Å². The van der Waals surface area contributed by atoms with Gasteiger partial charge in [0.15, 0.2) is 5.65 Å². The molecule has 0 aliphatic heterocycles. The molecule has 0 saturated heterocycles. The lowest BCUT2D eigenvalue weighted by Crippen LogP contribution is -2.34. The fourth-order valence-electron chi connectivity index (χ4n) is 3.70. The maximum atomic E-state index is 13.0. The Balaban J connectivity index is 1.78. The molecule has 2 N–H and O–H groups in total. The maximum Gasteiger partial charge on any atom is 0.334 e. The molecule has 0 spiro atoms. The van der Waals surface area contributed by atoms with Crippen molar-refractivity contribution in [3.63, 3.8) is 0 Å². The molecule has 2 heterocycles. The smallest absolute Gasteiger partial charge is 0.334 e. The van der Waals surface area contributed by atoms with Gasteiger partial charge in [-0.15, -0.1) is 0 Å². The molecule has 1 fully saturated rings. The molecule has 0 atom stereocenters. The van der Waals surface area contributed by atoms with E-state index in [1.54, 1.807) is 6.07 Å². The van der Waals surface area contributed by atoms with Gasteiger partial charge in [-0.2, -0.15) is 4.98 Å². The van der Waals surface area contributed by atoms with Crippen LogP contribution >= 0.6 is 0 Å². The van der Waals surface area contributed by atoms with Crippen molar-refractivity contribution < 1.29 is 0 Å². The third kappa shape index (κ3) is 3.25. The fourth-order valence-corrected chi connectivity index (χ4v) is 3.70. The number of aromatic amines is 1. The molecule has 1 saturated carbocycles. The lowest BCUT2D eigenvalue weighted by Gasteiger charge is -2.22. The van der Waals surface area contributed by atoms with E-state index in [1.165, 1.54) is 25.5 Å². The number of hydrogen-bond acceptors (Lipinski definition) is 5. The van der Waals surface area contributed by atoms with Gasteiger partial charge in [-0.05, 0) is 43.9 Å². The number of nitrogens with one attached hydrogen (secondary N) is 2. The van der Waals surface area contributed by atoms with Gasteiger partial charge in [0.25, 0.3) is 5.56 Å². The normalized spacial score (nSPS) is 15.2. The molecule has 7 nitrogen and oxygen atoms in total. The number of benzene rings is 1. The highest BCUT2D eigenvalue weighted by molar-refractivity contribution is 5.73. The average molecular weight is 365 g/mol. The summed E-state index contributed by atoms with van der Waals surface area (Å²) < 4.78 is 1.16. The summed E-state index contributed by atoms with van der Waals surface area (Å²) in [4.78, 5) is 37.0. The Bertz CT molecular complexity index is 1110. The Labute approximate surface area is 156 Å². The molecule has 0 amide bonds. The van der Waals surface area contributed by atoms with Crippen LogP contribution < -0.4 is 16.6 Å². The van der Waals surface area contributed by atoms with Crippen LogP contribution in [0.1, 0.15) is 43.2 Å². The first-order valence-electron chi connectivity index (χ1n) is 9.40. The summed E-state index contributed by atoms with van der Waals surface area (Å²) in [6, 6.07) is 5.90. The summed E-state index contributed by atoms with van der Waals surface area (Å²) in [6.45, 7) is 3.85. The molecule has 7 heteroatoms. The van der Waals surface area contributed by atoms with Crippen molar-refractivity contribution in [2.45, 2.75) is 52.0 Å². The molecule has 1 aromatic carbocycles. The number of nitrogens with zero attached hydrogens (tertiary/aromatic N) is 3. The highest BCUT2D eigenvalue weighted by Crippen LogP contribution is 2.20. The predicted molar refractivity (Wildman–Crippen MR) is 106 cm³/mol. The topological polar surface area (TPSA) is 92.7 Å². The number of fused-ring (bicyclic) bond motifs is 1. The van der Waals surface area contributed by atoms with Crippen LogP contribution in [-0.4, -0.2) is 25.6 Å². The Morgan fingerprint density at radius 1 is 1.15 bits per heavy atom. The van der Waals surface area contributed by atoms with Crippen molar-refractivity contribution in [2.75, 3.05) is 5.32 Å². The second kappa shape index (κ2) is 6.98. The van der Waals surface area contributed by atoms with E-state index in [4.69, 9.17) is 0 Å². The van der Waals surface area contributed by atoms with Crippen LogP contribution in [0, 0.1) is 13.8 Å². The monoisotopic (exact) mass is 365 g/mol. The van der Waals surface area contributed by atoms with E-state index in [2.05, 4.69) is 20.3 Å². The third-order valence-electron chi connectivity index (χ3n) is 5.41. The number of aromatic nitrogens is 4. The van der Waals surface area contributed by atoms with E-state index in [9.17, 15) is 9.59 Å². The molecule has 27 heavy (non-hydrogen) atoms. The molecule has 2 aromatic heterocycles. The van der Waals surface area contributed by atoms with E-state index >= 15 is 0 Å². The van der Waals surface area contributed by atoms with E-state index in [1.807, 2.05) is 26.0 Å². The Morgan fingerprint density at radius 3 is 2.70 bits per heavy atom. The maximum absolute atomic E-state index is 13.0. The number of H-pyrrole nitrogens is 1. The first kappa shape index (κ1) is 17.5. The second-order valence-corrected chi connectivity index (χ2v) is 7.22. The van der Waals surface area contributed by atoms with Gasteiger partial charge in [0, 0.05) is 12.2 Å². The Hall–Kier alpha value is -2.96. The second-order valence-electron chi connectivity index (χ2n) is 7.22. The molecule has 0 radical (unpaired) electrons. The number of aryl methyl sites for hydroxylation is 1. The molecule has 0 unspecified atom stereocenters. The van der Waals surface area contributed by atoms with Crippen LogP contribution in [0.15, 0.2) is 34.0 Å². The highest BCUT2D eigenvalue weighted by Gasteiger charge is 2.16. The molecule has 1 aliphatic carbocycles. The fraction of sp³-hybridized carbons (Fsp3) is 0.400. The summed E-state index contributed by atoms with van der Waals surface area (Å²) in [7, 11) is 0. The molecule has 3 aromatic rings. The van der Waals surface area contributed by atoms with E-state index in [-0.39, 0.29) is 5.65 Å². The first-order chi connectivity index (χ1) is 13.0. The van der Waals surface area contributed by atoms with Crippen molar-refractivity contribution in [2.24, 2.45) is 0 Å². The minimum absolute atomic E-state index is 0.264. The van der Waals surface area contributed by atoms with Crippen molar-refractivity contribution >= 4 is 17.0 Å². The van der Waals surface area contributed by atoms with E-state index in [0.29, 0.717) is 23.1 Å². The Kier molecular flexibility index (Phi) is 4.51. The zero-order valence-electron chi connectivity index (χ0n) is 15.6. The number of hydrogen-bond donors (Lipinski definition) is 2. The first-order valence-corrected chi connectivity index (χ1v) is 9.40. The lowest BCUT2D eigenvalue weighted by molar-refractivity contribution is 0.461. The van der Waals surface area contributed by atoms with Gasteiger partial charge in [-0.3, -0.25) is 9.78 Å². The quantitative estimate of drug-likeness (QED) is 0.744. The molecular formula is C20H23N5O2. The van der Waals surface area contributed by atoms with Gasteiger partial charge in [0.05, 0.1) is 5.69 Å². The molecule has 140 valence electrons. The minimum atomic E-state index is -0.497. The zero-order valence-corrected chi connectivity index (χ0v) is 15.6. The molecular weight excluding hydrogens is 342 g/mol. The lowest BCUT2D eigenvalue weighted by atomic mass is 9.96. The van der Waals surface area contributed by atoms with Gasteiger partial charge in [0.1, 0.15) is 5.39 Å². The Morgan fingerprint density at radius 2 is 1.93 bits per heavy atom. The summed E-state index contributed by atoms with van der Waals surface area (Å²) >= 11 is 0. The van der Waals surface area contributed by atoms with Crippen molar-refractivity contribution in [1.29, 1.82) is 0 Å². The highest BCUT2D eigenvalue weighted by atomic mass is 16.2. The average Bonchev–Trinajstić information content (AvgIpc) is 2.66. The van der Waals surface area contributed by atoms with Crippen LogP contribution in [0.25, 0.3) is 16.7 Å². The molecule has 0 bridgehead atoms. The number of rotatable bonds is 3. The van der Waals surface area contributed by atoms with Crippen LogP contribution in [0.5, 0.6) is 0 Å². The van der Waals surface area contributed by atoms with Gasteiger partial charge in [0.2, 0.25) is 5.95 Å². The standard InChI is InChI=1S/C20H23N5O2/c1-12-7-6-10-16(13(12)2)25-18(26)15-11-21-19(23-17(15)24-20(25)27)22-14-8-4-3-5-9-14/h6-7,10-11,14H,3-5,8-9H2,1-2H3,(H2,21,22,23,24,27). The van der Waals surface area contributed by atoms with E-state index in [0.717, 1.165) is 28.5 Å². The predicted octanol–water partition coefficient (Wildman–Crippen LogP) is 2.83. The summed E-state index contributed by atoms with van der Waals surface area (Å²) in [5, 5.41) is 3.62. The van der Waals surface area contributed by atoms with Crippen LogP contribution in [0.2, 0.25) is 0 Å². The summed E-state index contributed by atoms with van der Waals surface area (Å²) in [5.74, 6) is 0.453. The van der Waals surface area contributed by atoms with Crippen LogP contribution in [-0.2, 0) is 0 Å². The largest absolute Gasteiger partial charge is 0.351 e. The van der Waals surface area contributed by atoms with Gasteiger partial charge < -0.3 is 5.32 Å². The van der Waals surface area contributed by atoms with Crippen molar-refractivity contribution in [1.82, 2.24) is 19.5 Å².